The molecule has 0 bridgehead atoms. The van der Waals surface area contributed by atoms with Gasteiger partial charge in [0.15, 0.2) is 5.72 Å². The van der Waals surface area contributed by atoms with Gasteiger partial charge in [-0.25, -0.2) is 4.79 Å². The number of esters is 1. The van der Waals surface area contributed by atoms with E-state index in [0.717, 1.165) is 6.42 Å². The first kappa shape index (κ1) is 22.6. The first-order chi connectivity index (χ1) is 13.8. The summed E-state index contributed by atoms with van der Waals surface area (Å²) in [5, 5.41) is 7.65. The van der Waals surface area contributed by atoms with Crippen LogP contribution in [0.4, 0.5) is 0 Å². The summed E-state index contributed by atoms with van der Waals surface area (Å²) in [6.45, 7) is 9.51. The number of hydrogen-bond donors (Lipinski definition) is 0. The van der Waals surface area contributed by atoms with Crippen molar-refractivity contribution in [1.82, 2.24) is 0 Å². The van der Waals surface area contributed by atoms with Crippen LogP contribution in [0.2, 0.25) is 0 Å². The molecule has 0 aromatic heterocycles. The Balaban J connectivity index is 2.40. The number of hydrogen-bond acceptors (Lipinski definition) is 5. The molecule has 0 aliphatic carbocycles. The molecular formula is C20H28N6O3. The molecule has 2 unspecified atom stereocenters. The van der Waals surface area contributed by atoms with E-state index in [1.807, 2.05) is 33.8 Å². The maximum atomic E-state index is 12.7. The summed E-state index contributed by atoms with van der Waals surface area (Å²) in [5.41, 5.74) is 17.1. The Morgan fingerprint density at radius 2 is 1.90 bits per heavy atom. The van der Waals surface area contributed by atoms with E-state index in [0.29, 0.717) is 5.56 Å². The molecule has 156 valence electrons. The van der Waals surface area contributed by atoms with Crippen molar-refractivity contribution in [3.63, 3.8) is 0 Å². The van der Waals surface area contributed by atoms with Gasteiger partial charge < -0.3 is 9.47 Å². The Labute approximate surface area is 170 Å². The molecule has 1 fully saturated rings. The Morgan fingerprint density at radius 1 is 1.24 bits per heavy atom. The fourth-order valence-electron chi connectivity index (χ4n) is 3.84. The van der Waals surface area contributed by atoms with E-state index in [4.69, 9.17) is 20.5 Å². The predicted octanol–water partition coefficient (Wildman–Crippen LogP) is 5.63. The molecule has 1 aromatic carbocycles. The molecule has 2 rings (SSSR count). The third-order valence-corrected chi connectivity index (χ3v) is 5.97. The van der Waals surface area contributed by atoms with Crippen LogP contribution in [0.25, 0.3) is 20.9 Å². The molecule has 0 N–H and O–H groups in total. The highest BCUT2D eigenvalue weighted by atomic mass is 16.6. The quantitative estimate of drug-likeness (QED) is 0.254. The Hall–Kier alpha value is -2.73. The second kappa shape index (κ2) is 9.65. The summed E-state index contributed by atoms with van der Waals surface area (Å²) < 4.78 is 12.1. The highest BCUT2D eigenvalue weighted by Gasteiger charge is 2.52. The van der Waals surface area contributed by atoms with Gasteiger partial charge in [-0.2, -0.15) is 0 Å². The number of rotatable bonds is 7. The van der Waals surface area contributed by atoms with Gasteiger partial charge in [0, 0.05) is 9.82 Å². The van der Waals surface area contributed by atoms with Crippen LogP contribution in [-0.4, -0.2) is 29.9 Å². The molecular weight excluding hydrogens is 372 g/mol. The van der Waals surface area contributed by atoms with Gasteiger partial charge in [0.05, 0.1) is 17.7 Å². The van der Waals surface area contributed by atoms with Crippen LogP contribution >= 0.6 is 0 Å². The average molecular weight is 400 g/mol. The minimum absolute atomic E-state index is 0.00801. The standard InChI is InChI=1S/C20H28N6O3/c1-6-12(2)16(28-19(27)15-10-8-7-9-11-15)17-13(3)14(4)18(23-25-21)20(5,29-17)24-26-22/h7-14,16-18H,6H2,1-5H3/t12-,13-,14+,16-,17?,18?,20-/m1/s1. The largest absolute Gasteiger partial charge is 0.456 e. The molecule has 1 aliphatic heterocycles. The predicted molar refractivity (Wildman–Crippen MR) is 109 cm³/mol. The summed E-state index contributed by atoms with van der Waals surface area (Å²) in [4.78, 5) is 18.5. The number of benzene rings is 1. The molecule has 9 nitrogen and oxygen atoms in total. The number of carbonyl (C=O) groups is 1. The zero-order chi connectivity index (χ0) is 21.6. The Morgan fingerprint density at radius 3 is 2.45 bits per heavy atom. The molecule has 7 atom stereocenters. The van der Waals surface area contributed by atoms with Gasteiger partial charge in [0.25, 0.3) is 0 Å². The highest BCUT2D eigenvalue weighted by molar-refractivity contribution is 5.89. The maximum Gasteiger partial charge on any atom is 0.338 e. The minimum atomic E-state index is -1.37. The number of ether oxygens (including phenoxy) is 2. The van der Waals surface area contributed by atoms with E-state index in [2.05, 4.69) is 20.1 Å². The fourth-order valence-corrected chi connectivity index (χ4v) is 3.84. The lowest BCUT2D eigenvalue weighted by Gasteiger charge is -2.50. The van der Waals surface area contributed by atoms with Crippen LogP contribution in [0.1, 0.15) is 51.4 Å². The molecule has 1 heterocycles. The van der Waals surface area contributed by atoms with Crippen LogP contribution < -0.4 is 0 Å². The lowest BCUT2D eigenvalue weighted by Crippen LogP contribution is -2.59. The Bertz CT molecular complexity index is 806. The molecule has 0 radical (unpaired) electrons. The van der Waals surface area contributed by atoms with E-state index >= 15 is 0 Å². The monoisotopic (exact) mass is 400 g/mol. The average Bonchev–Trinajstić information content (AvgIpc) is 2.72. The van der Waals surface area contributed by atoms with Gasteiger partial charge >= 0.3 is 5.97 Å². The molecule has 9 heteroatoms. The first-order valence-electron chi connectivity index (χ1n) is 9.83. The van der Waals surface area contributed by atoms with Crippen molar-refractivity contribution in [2.45, 2.75) is 65.0 Å². The maximum absolute atomic E-state index is 12.7. The fraction of sp³-hybridized carbons (Fsp3) is 0.650. The van der Waals surface area contributed by atoms with Gasteiger partial charge in [-0.3, -0.25) is 0 Å². The van der Waals surface area contributed by atoms with Crippen LogP contribution in [0, 0.1) is 17.8 Å². The van der Waals surface area contributed by atoms with E-state index in [-0.39, 0.29) is 17.8 Å². The van der Waals surface area contributed by atoms with Crippen LogP contribution in [0.15, 0.2) is 40.6 Å². The highest BCUT2D eigenvalue weighted by Crippen LogP contribution is 2.43. The molecule has 1 aromatic rings. The van der Waals surface area contributed by atoms with Crippen LogP contribution in [0.3, 0.4) is 0 Å². The molecule has 0 spiro atoms. The van der Waals surface area contributed by atoms with Crippen molar-refractivity contribution in [3.8, 4) is 0 Å². The number of carbonyl (C=O) groups excluding carboxylic acids is 1. The minimum Gasteiger partial charge on any atom is -0.456 e. The summed E-state index contributed by atoms with van der Waals surface area (Å²) in [5.74, 6) is -0.673. The smallest absolute Gasteiger partial charge is 0.338 e. The van der Waals surface area contributed by atoms with E-state index in [1.54, 1.807) is 31.2 Å². The Kier molecular flexibility index (Phi) is 7.51. The molecule has 1 saturated heterocycles. The third-order valence-electron chi connectivity index (χ3n) is 5.97. The van der Waals surface area contributed by atoms with Crippen molar-refractivity contribution in [2.24, 2.45) is 28.0 Å². The van der Waals surface area contributed by atoms with E-state index in [9.17, 15) is 4.79 Å². The SMILES string of the molecule is CC[C@@H](C)[C@@H](OC(=O)c1ccccc1)C1O[C@@](C)(N=[N+]=[N-])C(N=[N+]=[N-])[C@@H](C)[C@H]1C. The van der Waals surface area contributed by atoms with Crippen molar-refractivity contribution in [1.29, 1.82) is 0 Å². The molecule has 1 aliphatic rings. The zero-order valence-corrected chi connectivity index (χ0v) is 17.5. The van der Waals surface area contributed by atoms with Crippen molar-refractivity contribution in [2.75, 3.05) is 0 Å². The zero-order valence-electron chi connectivity index (χ0n) is 17.5. The first-order valence-corrected chi connectivity index (χ1v) is 9.83. The van der Waals surface area contributed by atoms with Gasteiger partial charge in [-0.05, 0) is 54.3 Å². The van der Waals surface area contributed by atoms with Crippen LogP contribution in [-0.2, 0) is 9.47 Å². The summed E-state index contributed by atoms with van der Waals surface area (Å²) >= 11 is 0. The van der Waals surface area contributed by atoms with Crippen LogP contribution in [0.5, 0.6) is 0 Å². The topological polar surface area (TPSA) is 133 Å². The summed E-state index contributed by atoms with van der Waals surface area (Å²) in [7, 11) is 0. The number of azide groups is 2. The van der Waals surface area contributed by atoms with E-state index in [1.165, 1.54) is 0 Å². The summed E-state index contributed by atoms with van der Waals surface area (Å²) in [6.07, 6.45) is -0.301. The lowest BCUT2D eigenvalue weighted by atomic mass is 9.75. The van der Waals surface area contributed by atoms with Gasteiger partial charge in [0.1, 0.15) is 6.10 Å². The van der Waals surface area contributed by atoms with Gasteiger partial charge in [-0.1, -0.05) is 56.1 Å². The summed E-state index contributed by atoms with van der Waals surface area (Å²) in [6, 6.07) is 8.12. The van der Waals surface area contributed by atoms with Crippen molar-refractivity contribution < 1.29 is 14.3 Å². The second-order valence-electron chi connectivity index (χ2n) is 7.82. The van der Waals surface area contributed by atoms with E-state index < -0.39 is 29.9 Å². The lowest BCUT2D eigenvalue weighted by molar-refractivity contribution is -0.208. The molecule has 0 amide bonds. The van der Waals surface area contributed by atoms with Crippen molar-refractivity contribution in [3.05, 3.63) is 56.8 Å². The van der Waals surface area contributed by atoms with Gasteiger partial charge in [0.2, 0.25) is 0 Å². The van der Waals surface area contributed by atoms with Gasteiger partial charge in [-0.15, -0.1) is 0 Å². The third kappa shape index (κ3) is 4.82. The van der Waals surface area contributed by atoms with Crippen molar-refractivity contribution >= 4 is 5.97 Å². The second-order valence-corrected chi connectivity index (χ2v) is 7.82. The normalized spacial score (nSPS) is 30.9. The number of nitrogens with zero attached hydrogens (tertiary/aromatic N) is 6. The molecule has 29 heavy (non-hydrogen) atoms. The molecule has 0 saturated carbocycles.